The maximum Gasteiger partial charge on any atom is 0.164 e. The van der Waals surface area contributed by atoms with E-state index in [1.807, 2.05) is 30.3 Å². The molecule has 3 aromatic rings. The van der Waals surface area contributed by atoms with Crippen LogP contribution in [0.25, 0.3) is 11.0 Å². The molecule has 6 nitrogen and oxygen atoms in total. The largest absolute Gasteiger partial charge is 0.493 e. The number of hydrogen-bond acceptors (Lipinski definition) is 6. The lowest BCUT2D eigenvalue weighted by Crippen LogP contribution is -2.03. The Bertz CT molecular complexity index is 787. The second kappa shape index (κ2) is 6.26. The Morgan fingerprint density at radius 2 is 1.86 bits per heavy atom. The maximum absolute atomic E-state index is 5.31. The van der Waals surface area contributed by atoms with Crippen molar-refractivity contribution in [1.82, 2.24) is 15.0 Å². The van der Waals surface area contributed by atoms with Crippen LogP contribution < -0.4 is 14.8 Å². The van der Waals surface area contributed by atoms with E-state index in [0.717, 1.165) is 16.8 Å². The van der Waals surface area contributed by atoms with Gasteiger partial charge in [0.2, 0.25) is 0 Å². The number of ether oxygens (including phenoxy) is 2. The van der Waals surface area contributed by atoms with E-state index in [2.05, 4.69) is 20.3 Å². The Balaban J connectivity index is 1.82. The van der Waals surface area contributed by atoms with Crippen molar-refractivity contribution in [2.75, 3.05) is 19.5 Å². The van der Waals surface area contributed by atoms with Gasteiger partial charge < -0.3 is 14.8 Å². The number of pyridine rings is 1. The summed E-state index contributed by atoms with van der Waals surface area (Å²) in [5.74, 6) is 2.17. The van der Waals surface area contributed by atoms with Crippen molar-refractivity contribution in [1.29, 1.82) is 0 Å². The third-order valence-electron chi connectivity index (χ3n) is 3.32. The van der Waals surface area contributed by atoms with Crippen LogP contribution >= 0.6 is 0 Å². The second-order valence-corrected chi connectivity index (χ2v) is 4.64. The smallest absolute Gasteiger partial charge is 0.164 e. The minimum Gasteiger partial charge on any atom is -0.493 e. The van der Waals surface area contributed by atoms with Crippen LogP contribution in [0, 0.1) is 0 Å². The molecule has 1 aromatic carbocycles. The molecule has 2 aromatic heterocycles. The van der Waals surface area contributed by atoms with Crippen LogP contribution in [-0.2, 0) is 6.54 Å². The van der Waals surface area contributed by atoms with Gasteiger partial charge in [-0.05, 0) is 29.8 Å². The average Bonchev–Trinajstić information content (AvgIpc) is 2.59. The van der Waals surface area contributed by atoms with Gasteiger partial charge in [0.15, 0.2) is 17.1 Å². The number of nitrogens with one attached hydrogen (secondary N) is 1. The molecule has 0 aliphatic heterocycles. The first-order valence-corrected chi connectivity index (χ1v) is 6.82. The molecule has 0 aliphatic carbocycles. The highest BCUT2D eigenvalue weighted by Gasteiger charge is 2.06. The third-order valence-corrected chi connectivity index (χ3v) is 3.32. The minimum absolute atomic E-state index is 0.612. The van der Waals surface area contributed by atoms with Crippen LogP contribution in [-0.4, -0.2) is 29.2 Å². The summed E-state index contributed by atoms with van der Waals surface area (Å²) in [4.78, 5) is 12.6. The Kier molecular flexibility index (Phi) is 4.00. The van der Waals surface area contributed by atoms with Gasteiger partial charge in [-0.3, -0.25) is 0 Å². The standard InChI is InChI=1S/C16H16N4O2/c1-21-13-6-5-11(8-14(13)22-2)9-18-16-12-4-3-7-17-15(12)19-10-20-16/h3-8,10H,9H2,1-2H3,(H,17,18,19,20). The summed E-state index contributed by atoms with van der Waals surface area (Å²) >= 11 is 0. The van der Waals surface area contributed by atoms with E-state index in [-0.39, 0.29) is 0 Å². The van der Waals surface area contributed by atoms with Crippen molar-refractivity contribution in [3.63, 3.8) is 0 Å². The lowest BCUT2D eigenvalue weighted by Gasteiger charge is -2.11. The van der Waals surface area contributed by atoms with Crippen LogP contribution in [0.15, 0.2) is 42.9 Å². The molecule has 3 rings (SSSR count). The second-order valence-electron chi connectivity index (χ2n) is 4.64. The molecule has 0 saturated heterocycles. The lowest BCUT2D eigenvalue weighted by molar-refractivity contribution is 0.354. The normalized spacial score (nSPS) is 10.5. The molecule has 0 amide bonds. The van der Waals surface area contributed by atoms with Crippen molar-refractivity contribution in [2.45, 2.75) is 6.54 Å². The molecule has 112 valence electrons. The van der Waals surface area contributed by atoms with E-state index in [9.17, 15) is 0 Å². The molecule has 0 spiro atoms. The summed E-state index contributed by atoms with van der Waals surface area (Å²) in [6.07, 6.45) is 3.22. The monoisotopic (exact) mass is 296 g/mol. The maximum atomic E-state index is 5.31. The highest BCUT2D eigenvalue weighted by atomic mass is 16.5. The summed E-state index contributed by atoms with van der Waals surface area (Å²) in [5.41, 5.74) is 1.74. The first-order chi connectivity index (χ1) is 10.8. The van der Waals surface area contributed by atoms with Gasteiger partial charge >= 0.3 is 0 Å². The SMILES string of the molecule is COc1ccc(CNc2ncnc3ncccc23)cc1OC. The fraction of sp³-hybridized carbons (Fsp3) is 0.188. The third kappa shape index (κ3) is 2.76. The van der Waals surface area contributed by atoms with E-state index in [0.29, 0.717) is 23.7 Å². The van der Waals surface area contributed by atoms with Crippen LogP contribution in [0.5, 0.6) is 11.5 Å². The van der Waals surface area contributed by atoms with Gasteiger partial charge in [0.1, 0.15) is 12.1 Å². The molecule has 6 heteroatoms. The Hall–Kier alpha value is -2.89. The molecular formula is C16H16N4O2. The number of anilines is 1. The Labute approximate surface area is 128 Å². The summed E-state index contributed by atoms with van der Waals surface area (Å²) in [7, 11) is 3.24. The number of aromatic nitrogens is 3. The number of rotatable bonds is 5. The zero-order valence-corrected chi connectivity index (χ0v) is 12.4. The molecule has 1 N–H and O–H groups in total. The zero-order chi connectivity index (χ0) is 15.4. The molecule has 0 atom stereocenters. The first kappa shape index (κ1) is 14.1. The fourth-order valence-corrected chi connectivity index (χ4v) is 2.21. The van der Waals surface area contributed by atoms with E-state index >= 15 is 0 Å². The van der Waals surface area contributed by atoms with Gasteiger partial charge in [-0.25, -0.2) is 15.0 Å². The zero-order valence-electron chi connectivity index (χ0n) is 12.4. The molecular weight excluding hydrogens is 280 g/mol. The van der Waals surface area contributed by atoms with Gasteiger partial charge in [-0.15, -0.1) is 0 Å². The quantitative estimate of drug-likeness (QED) is 0.780. The van der Waals surface area contributed by atoms with Crippen molar-refractivity contribution in [3.8, 4) is 11.5 Å². The lowest BCUT2D eigenvalue weighted by atomic mass is 10.2. The topological polar surface area (TPSA) is 69.2 Å². The van der Waals surface area contributed by atoms with Crippen molar-refractivity contribution in [3.05, 3.63) is 48.4 Å². The van der Waals surface area contributed by atoms with E-state index in [1.165, 1.54) is 6.33 Å². The summed E-state index contributed by atoms with van der Waals surface area (Å²) in [6.45, 7) is 0.612. The van der Waals surface area contributed by atoms with Gasteiger partial charge in [0.05, 0.1) is 19.6 Å². The van der Waals surface area contributed by atoms with E-state index < -0.39 is 0 Å². The van der Waals surface area contributed by atoms with E-state index in [4.69, 9.17) is 9.47 Å². The van der Waals surface area contributed by atoms with Crippen LogP contribution in [0.1, 0.15) is 5.56 Å². The van der Waals surface area contributed by atoms with Crippen LogP contribution in [0.4, 0.5) is 5.82 Å². The fourth-order valence-electron chi connectivity index (χ4n) is 2.21. The van der Waals surface area contributed by atoms with Crippen molar-refractivity contribution >= 4 is 16.9 Å². The van der Waals surface area contributed by atoms with Crippen LogP contribution in [0.2, 0.25) is 0 Å². The van der Waals surface area contributed by atoms with Gasteiger partial charge in [-0.2, -0.15) is 0 Å². The molecule has 0 radical (unpaired) electrons. The average molecular weight is 296 g/mol. The summed E-state index contributed by atoms with van der Waals surface area (Å²) in [6, 6.07) is 9.62. The predicted molar refractivity (Wildman–Crippen MR) is 84.2 cm³/mol. The minimum atomic E-state index is 0.612. The molecule has 22 heavy (non-hydrogen) atoms. The molecule has 0 saturated carbocycles. The first-order valence-electron chi connectivity index (χ1n) is 6.82. The molecule has 0 aliphatic rings. The number of methoxy groups -OCH3 is 2. The van der Waals surface area contributed by atoms with E-state index in [1.54, 1.807) is 20.4 Å². The number of hydrogen-bond donors (Lipinski definition) is 1. The Morgan fingerprint density at radius 3 is 2.68 bits per heavy atom. The van der Waals surface area contributed by atoms with Crippen LogP contribution in [0.3, 0.4) is 0 Å². The number of benzene rings is 1. The molecule has 2 heterocycles. The highest BCUT2D eigenvalue weighted by molar-refractivity contribution is 5.85. The van der Waals surface area contributed by atoms with Gasteiger partial charge in [0, 0.05) is 12.7 Å². The predicted octanol–water partition coefficient (Wildman–Crippen LogP) is 2.65. The summed E-state index contributed by atoms with van der Waals surface area (Å²) in [5, 5.41) is 4.20. The van der Waals surface area contributed by atoms with Crippen molar-refractivity contribution < 1.29 is 9.47 Å². The van der Waals surface area contributed by atoms with Gasteiger partial charge in [-0.1, -0.05) is 6.07 Å². The molecule has 0 bridgehead atoms. The Morgan fingerprint density at radius 1 is 1.00 bits per heavy atom. The summed E-state index contributed by atoms with van der Waals surface area (Å²) < 4.78 is 10.5. The molecule has 0 unspecified atom stereocenters. The van der Waals surface area contributed by atoms with Gasteiger partial charge in [0.25, 0.3) is 0 Å². The number of fused-ring (bicyclic) bond motifs is 1. The van der Waals surface area contributed by atoms with Crippen molar-refractivity contribution in [2.24, 2.45) is 0 Å². The molecule has 0 fully saturated rings. The number of nitrogens with zero attached hydrogens (tertiary/aromatic N) is 3. The highest BCUT2D eigenvalue weighted by Crippen LogP contribution is 2.28.